The van der Waals surface area contributed by atoms with Gasteiger partial charge in [-0.2, -0.15) is 5.26 Å². The molecule has 2 amide bonds. The van der Waals surface area contributed by atoms with Crippen LogP contribution in [-0.2, 0) is 6.54 Å². The first kappa shape index (κ1) is 13.8. The van der Waals surface area contributed by atoms with E-state index in [-0.39, 0.29) is 6.03 Å². The number of urea groups is 1. The van der Waals surface area contributed by atoms with Crippen molar-refractivity contribution in [2.75, 3.05) is 13.2 Å². The van der Waals surface area contributed by atoms with Crippen molar-refractivity contribution in [1.82, 2.24) is 10.6 Å². The number of nitriles is 1. The van der Waals surface area contributed by atoms with Gasteiger partial charge in [-0.25, -0.2) is 4.79 Å². The maximum Gasteiger partial charge on any atom is 0.315 e. The van der Waals surface area contributed by atoms with Crippen LogP contribution in [0.5, 0.6) is 5.75 Å². The summed E-state index contributed by atoms with van der Waals surface area (Å²) in [6.45, 7) is 3.39. The average Bonchev–Trinajstić information content (AvgIpc) is 2.39. The van der Waals surface area contributed by atoms with Gasteiger partial charge in [-0.15, -0.1) is 0 Å². The van der Waals surface area contributed by atoms with Crippen LogP contribution in [0.1, 0.15) is 18.9 Å². The molecule has 18 heavy (non-hydrogen) atoms. The Labute approximate surface area is 107 Å². The van der Waals surface area contributed by atoms with E-state index in [1.54, 1.807) is 0 Å². The van der Waals surface area contributed by atoms with Gasteiger partial charge < -0.3 is 15.4 Å². The van der Waals surface area contributed by atoms with Gasteiger partial charge in [0, 0.05) is 13.1 Å². The quantitative estimate of drug-likeness (QED) is 0.753. The van der Waals surface area contributed by atoms with Crippen molar-refractivity contribution >= 4 is 6.03 Å². The summed E-state index contributed by atoms with van der Waals surface area (Å²) >= 11 is 0. The van der Waals surface area contributed by atoms with E-state index in [4.69, 9.17) is 10.00 Å². The molecular weight excluding hydrogens is 230 g/mol. The largest absolute Gasteiger partial charge is 0.494 e. The van der Waals surface area contributed by atoms with E-state index in [1.165, 1.54) is 0 Å². The topological polar surface area (TPSA) is 74.2 Å². The highest BCUT2D eigenvalue weighted by Gasteiger charge is 1.99. The third kappa shape index (κ3) is 5.21. The molecule has 0 saturated carbocycles. The Bertz CT molecular complexity index is 409. The fourth-order valence-electron chi connectivity index (χ4n) is 1.35. The van der Waals surface area contributed by atoms with Gasteiger partial charge >= 0.3 is 6.03 Å². The highest BCUT2D eigenvalue weighted by atomic mass is 16.5. The van der Waals surface area contributed by atoms with E-state index < -0.39 is 0 Å². The monoisotopic (exact) mass is 247 g/mol. The van der Waals surface area contributed by atoms with E-state index in [1.807, 2.05) is 37.3 Å². The number of carbonyl (C=O) groups excluding carboxylic acids is 1. The van der Waals surface area contributed by atoms with Crippen LogP contribution in [0.25, 0.3) is 0 Å². The molecule has 96 valence electrons. The third-order valence-electron chi connectivity index (χ3n) is 2.21. The summed E-state index contributed by atoms with van der Waals surface area (Å²) in [7, 11) is 0. The Morgan fingerprint density at radius 2 is 2.06 bits per heavy atom. The second-order valence-corrected chi connectivity index (χ2v) is 3.59. The summed E-state index contributed by atoms with van der Waals surface area (Å²) in [4.78, 5) is 11.3. The maximum atomic E-state index is 11.3. The molecule has 0 aromatic heterocycles. The van der Waals surface area contributed by atoms with Gasteiger partial charge in [0.2, 0.25) is 0 Å². The molecular formula is C13H17N3O2. The van der Waals surface area contributed by atoms with Crippen LogP contribution in [0, 0.1) is 11.3 Å². The molecule has 0 fully saturated rings. The first-order chi connectivity index (χ1) is 8.76. The SMILES string of the molecule is CCOc1ccc(CNC(=O)NCCC#N)cc1. The predicted molar refractivity (Wildman–Crippen MR) is 68.1 cm³/mol. The second-order valence-electron chi connectivity index (χ2n) is 3.59. The van der Waals surface area contributed by atoms with E-state index in [0.29, 0.717) is 26.1 Å². The van der Waals surface area contributed by atoms with Crippen molar-refractivity contribution in [3.63, 3.8) is 0 Å². The van der Waals surface area contributed by atoms with E-state index in [0.717, 1.165) is 11.3 Å². The number of hydrogen-bond acceptors (Lipinski definition) is 3. The van der Waals surface area contributed by atoms with Gasteiger partial charge in [-0.05, 0) is 24.6 Å². The van der Waals surface area contributed by atoms with Crippen LogP contribution in [0.4, 0.5) is 4.79 Å². The van der Waals surface area contributed by atoms with Crippen molar-refractivity contribution < 1.29 is 9.53 Å². The molecule has 1 rings (SSSR count). The third-order valence-corrected chi connectivity index (χ3v) is 2.21. The van der Waals surface area contributed by atoms with Gasteiger partial charge in [0.1, 0.15) is 5.75 Å². The standard InChI is InChI=1S/C13H17N3O2/c1-2-18-12-6-4-11(5-7-12)10-16-13(17)15-9-3-8-14/h4-7H,2-3,9-10H2,1H3,(H2,15,16,17). The summed E-state index contributed by atoms with van der Waals surface area (Å²) in [5.41, 5.74) is 0.994. The van der Waals surface area contributed by atoms with Gasteiger partial charge in [0.15, 0.2) is 0 Å². The number of benzene rings is 1. The number of hydrogen-bond donors (Lipinski definition) is 2. The molecule has 0 aliphatic heterocycles. The first-order valence-corrected chi connectivity index (χ1v) is 5.86. The summed E-state index contributed by atoms with van der Waals surface area (Å²) in [6.07, 6.45) is 0.316. The lowest BCUT2D eigenvalue weighted by molar-refractivity contribution is 0.240. The fourth-order valence-corrected chi connectivity index (χ4v) is 1.35. The van der Waals surface area contributed by atoms with Crippen LogP contribution in [0.3, 0.4) is 0 Å². The van der Waals surface area contributed by atoms with Gasteiger partial charge in [-0.3, -0.25) is 0 Å². The fraction of sp³-hybridized carbons (Fsp3) is 0.385. The molecule has 0 radical (unpaired) electrons. The molecule has 2 N–H and O–H groups in total. The van der Waals surface area contributed by atoms with Crippen molar-refractivity contribution in [2.24, 2.45) is 0 Å². The number of nitrogens with zero attached hydrogens (tertiary/aromatic N) is 1. The number of nitrogens with one attached hydrogen (secondary N) is 2. The predicted octanol–water partition coefficient (Wildman–Crippen LogP) is 1.80. The lowest BCUT2D eigenvalue weighted by atomic mass is 10.2. The molecule has 0 saturated heterocycles. The van der Waals surface area contributed by atoms with Crippen LogP contribution < -0.4 is 15.4 Å². The summed E-state index contributed by atoms with van der Waals surface area (Å²) in [5, 5.41) is 13.6. The van der Waals surface area contributed by atoms with E-state index >= 15 is 0 Å². The minimum atomic E-state index is -0.265. The minimum absolute atomic E-state index is 0.265. The molecule has 0 aliphatic carbocycles. The highest BCUT2D eigenvalue weighted by molar-refractivity contribution is 5.73. The van der Waals surface area contributed by atoms with Gasteiger partial charge in [0.25, 0.3) is 0 Å². The normalized spacial score (nSPS) is 9.33. The van der Waals surface area contributed by atoms with E-state index in [2.05, 4.69) is 10.6 Å². The first-order valence-electron chi connectivity index (χ1n) is 5.86. The molecule has 5 heteroatoms. The number of amides is 2. The Hall–Kier alpha value is -2.22. The number of rotatable bonds is 6. The zero-order chi connectivity index (χ0) is 13.2. The van der Waals surface area contributed by atoms with Crippen molar-refractivity contribution in [2.45, 2.75) is 19.9 Å². The zero-order valence-electron chi connectivity index (χ0n) is 10.4. The molecule has 0 aliphatic rings. The lowest BCUT2D eigenvalue weighted by Gasteiger charge is -2.07. The van der Waals surface area contributed by atoms with Crippen molar-refractivity contribution in [3.05, 3.63) is 29.8 Å². The number of carbonyl (C=O) groups is 1. The van der Waals surface area contributed by atoms with Gasteiger partial charge in [-0.1, -0.05) is 12.1 Å². The molecule has 0 heterocycles. The summed E-state index contributed by atoms with van der Waals surface area (Å²) < 4.78 is 5.32. The van der Waals surface area contributed by atoms with Gasteiger partial charge in [0.05, 0.1) is 19.1 Å². The van der Waals surface area contributed by atoms with Crippen LogP contribution in [-0.4, -0.2) is 19.2 Å². The number of ether oxygens (including phenoxy) is 1. The molecule has 0 atom stereocenters. The highest BCUT2D eigenvalue weighted by Crippen LogP contribution is 2.11. The smallest absolute Gasteiger partial charge is 0.315 e. The zero-order valence-corrected chi connectivity index (χ0v) is 10.4. The average molecular weight is 247 g/mol. The Balaban J connectivity index is 2.30. The summed E-state index contributed by atoms with van der Waals surface area (Å²) in [5.74, 6) is 0.819. The van der Waals surface area contributed by atoms with Crippen molar-refractivity contribution in [3.8, 4) is 11.8 Å². The Morgan fingerprint density at radius 1 is 1.33 bits per heavy atom. The maximum absolute atomic E-state index is 11.3. The minimum Gasteiger partial charge on any atom is -0.494 e. The molecule has 0 unspecified atom stereocenters. The Morgan fingerprint density at radius 3 is 2.67 bits per heavy atom. The molecule has 1 aromatic carbocycles. The van der Waals surface area contributed by atoms with Crippen LogP contribution in [0.2, 0.25) is 0 Å². The summed E-state index contributed by atoms with van der Waals surface area (Å²) in [6, 6.07) is 9.24. The van der Waals surface area contributed by atoms with Crippen LogP contribution >= 0.6 is 0 Å². The lowest BCUT2D eigenvalue weighted by Crippen LogP contribution is -2.35. The second kappa shape index (κ2) is 7.96. The van der Waals surface area contributed by atoms with E-state index in [9.17, 15) is 4.79 Å². The molecule has 0 bridgehead atoms. The molecule has 0 spiro atoms. The molecule has 5 nitrogen and oxygen atoms in total. The molecule has 1 aromatic rings. The van der Waals surface area contributed by atoms with Crippen LogP contribution in [0.15, 0.2) is 24.3 Å². The van der Waals surface area contributed by atoms with Crippen molar-refractivity contribution in [1.29, 1.82) is 5.26 Å². The Kier molecular flexibility index (Phi) is 6.12.